The smallest absolute Gasteiger partial charge is 0.548 e. The number of carboxylic acids is 1. The first-order chi connectivity index (χ1) is 14.6. The van der Waals surface area contributed by atoms with Gasteiger partial charge in [0.1, 0.15) is 11.5 Å². The average Bonchev–Trinajstić information content (AvgIpc) is 2.68. The molecule has 6 nitrogen and oxygen atoms in total. The molecule has 2 heterocycles. The molecule has 3 aromatic rings. The molecule has 11 heteroatoms. The number of anilines is 1. The van der Waals surface area contributed by atoms with Gasteiger partial charge in [0.05, 0.1) is 33.3 Å². The Balaban J connectivity index is 0.00000289. The minimum atomic E-state index is -2.61. The zero-order chi connectivity index (χ0) is 22.5. The normalized spacial score (nSPS) is 15.4. The molecule has 4 rings (SSSR count). The molecule has 1 aliphatic carbocycles. The maximum Gasteiger partial charge on any atom is 1.00 e. The van der Waals surface area contributed by atoms with Crippen molar-refractivity contribution in [2.75, 3.05) is 24.7 Å². The van der Waals surface area contributed by atoms with Crippen LogP contribution in [-0.2, 0) is 11.3 Å². The summed E-state index contributed by atoms with van der Waals surface area (Å²) in [6, 6.07) is 6.41. The van der Waals surface area contributed by atoms with E-state index in [0.717, 1.165) is 0 Å². The topological polar surface area (TPSA) is 78.3 Å². The number of aromatic nitrogens is 2. The monoisotopic (exact) mass is 489 g/mol. The van der Waals surface area contributed by atoms with E-state index in [-0.39, 0.29) is 64.8 Å². The second kappa shape index (κ2) is 9.46. The molecule has 0 spiro atoms. The zero-order valence-corrected chi connectivity index (χ0v) is 21.4. The summed E-state index contributed by atoms with van der Waals surface area (Å²) in [5.41, 5.74) is 0.280. The maximum absolute atomic E-state index is 13.2. The van der Waals surface area contributed by atoms with Crippen LogP contribution in [0.15, 0.2) is 34.0 Å². The number of hydrogen-bond donors (Lipinski definition) is 0. The molecule has 0 unspecified atom stereocenters. The van der Waals surface area contributed by atoms with Gasteiger partial charge in [0, 0.05) is 31.8 Å². The van der Waals surface area contributed by atoms with Crippen molar-refractivity contribution in [2.45, 2.75) is 30.2 Å². The first kappa shape index (κ1) is 25.2. The van der Waals surface area contributed by atoms with E-state index in [2.05, 4.69) is 4.98 Å². The van der Waals surface area contributed by atoms with Crippen LogP contribution in [0.3, 0.4) is 0 Å². The second-order valence-corrected chi connectivity index (χ2v) is 9.04. The van der Waals surface area contributed by atoms with Crippen molar-refractivity contribution in [3.63, 3.8) is 0 Å². The SMILES string of the molecule is CSc1c(Cl)ccc2c(=O)c3ccc(N(C)CC4CC(F)(F)C4)nc3n(CC(=O)[O-])c12.[Na+]. The summed E-state index contributed by atoms with van der Waals surface area (Å²) >= 11 is 7.61. The Morgan fingerprint density at radius 1 is 1.31 bits per heavy atom. The quantitative estimate of drug-likeness (QED) is 0.279. The number of carbonyl (C=O) groups is 1. The predicted octanol–water partition coefficient (Wildman–Crippen LogP) is 0.160. The Kier molecular flexibility index (Phi) is 7.46. The molecule has 1 aliphatic rings. The number of fused-ring (bicyclic) bond motifs is 2. The van der Waals surface area contributed by atoms with Gasteiger partial charge in [-0.05, 0) is 36.4 Å². The van der Waals surface area contributed by atoms with Gasteiger partial charge in [-0.1, -0.05) is 11.6 Å². The second-order valence-electron chi connectivity index (χ2n) is 7.82. The van der Waals surface area contributed by atoms with Crippen LogP contribution >= 0.6 is 23.4 Å². The third-order valence-electron chi connectivity index (χ3n) is 5.55. The number of halogens is 3. The van der Waals surface area contributed by atoms with E-state index < -0.39 is 18.4 Å². The van der Waals surface area contributed by atoms with Crippen LogP contribution < -0.4 is 45.0 Å². The van der Waals surface area contributed by atoms with Gasteiger partial charge >= 0.3 is 29.6 Å². The molecule has 0 saturated heterocycles. The molecule has 0 atom stereocenters. The van der Waals surface area contributed by atoms with Crippen molar-refractivity contribution in [3.8, 4) is 0 Å². The number of pyridine rings is 2. The fourth-order valence-corrected chi connectivity index (χ4v) is 5.22. The largest absolute Gasteiger partial charge is 1.00 e. The van der Waals surface area contributed by atoms with E-state index >= 15 is 0 Å². The van der Waals surface area contributed by atoms with Gasteiger partial charge < -0.3 is 19.4 Å². The number of carbonyl (C=O) groups excluding carboxylic acids is 1. The Labute approximate surface area is 214 Å². The Morgan fingerprint density at radius 2 is 1.97 bits per heavy atom. The molecule has 1 saturated carbocycles. The third kappa shape index (κ3) is 4.63. The molecule has 164 valence electrons. The molecular formula is C21H19ClF2N3NaO3S. The first-order valence-corrected chi connectivity index (χ1v) is 11.2. The number of hydrogen-bond acceptors (Lipinski definition) is 6. The summed E-state index contributed by atoms with van der Waals surface area (Å²) in [6.45, 7) is -0.134. The average molecular weight is 490 g/mol. The number of aliphatic carboxylic acids is 1. The van der Waals surface area contributed by atoms with Crippen LogP contribution in [0.25, 0.3) is 21.9 Å². The molecule has 0 radical (unpaired) electrons. The molecule has 0 amide bonds. The van der Waals surface area contributed by atoms with E-state index in [1.54, 1.807) is 42.5 Å². The van der Waals surface area contributed by atoms with Crippen molar-refractivity contribution in [3.05, 3.63) is 39.5 Å². The molecule has 1 fully saturated rings. The Bertz CT molecular complexity index is 1260. The van der Waals surface area contributed by atoms with Crippen LogP contribution in [0.1, 0.15) is 12.8 Å². The summed E-state index contributed by atoms with van der Waals surface area (Å²) < 4.78 is 27.8. The fourth-order valence-electron chi connectivity index (χ4n) is 4.15. The standard InChI is InChI=1S/C21H20ClF2N3O3S.Na/c1-26(9-11-7-21(23,24)8-11)15-6-4-13-18(30)12-3-5-14(22)19(31-2)17(12)27(10-16(28)29)20(13)25-15;/h3-6,11H,7-10H2,1-2H3,(H,28,29);/q;+1/p-1. The fraction of sp³-hybridized carbons (Fsp3) is 0.381. The third-order valence-corrected chi connectivity index (χ3v) is 6.80. The maximum atomic E-state index is 13.2. The molecule has 1 aromatic carbocycles. The summed E-state index contributed by atoms with van der Waals surface area (Å²) in [6.07, 6.45) is 1.45. The molecule has 0 bridgehead atoms. The van der Waals surface area contributed by atoms with Crippen LogP contribution in [0, 0.1) is 5.92 Å². The molecule has 2 aromatic heterocycles. The van der Waals surface area contributed by atoms with Gasteiger partial charge in [0.15, 0.2) is 5.43 Å². The van der Waals surface area contributed by atoms with Crippen LogP contribution in [-0.4, -0.2) is 41.3 Å². The van der Waals surface area contributed by atoms with Gasteiger partial charge in [-0.25, -0.2) is 13.8 Å². The van der Waals surface area contributed by atoms with Crippen LogP contribution in [0.5, 0.6) is 0 Å². The minimum Gasteiger partial charge on any atom is -0.548 e. The van der Waals surface area contributed by atoms with Gasteiger partial charge in [-0.3, -0.25) is 4.79 Å². The first-order valence-electron chi connectivity index (χ1n) is 9.60. The van der Waals surface area contributed by atoms with E-state index in [4.69, 9.17) is 11.6 Å². The number of nitrogens with zero attached hydrogens (tertiary/aromatic N) is 3. The summed E-state index contributed by atoms with van der Waals surface area (Å²) in [7, 11) is 1.73. The van der Waals surface area contributed by atoms with E-state index in [1.807, 2.05) is 0 Å². The summed E-state index contributed by atoms with van der Waals surface area (Å²) in [4.78, 5) is 31.5. The van der Waals surface area contributed by atoms with E-state index in [1.165, 1.54) is 16.3 Å². The minimum absolute atomic E-state index is 0. The molecule has 0 aliphatic heterocycles. The number of carboxylic acid groups (broad SMARTS) is 1. The van der Waals surface area contributed by atoms with Gasteiger partial charge in [-0.15, -0.1) is 11.8 Å². The zero-order valence-electron chi connectivity index (χ0n) is 17.8. The molecule has 32 heavy (non-hydrogen) atoms. The van der Waals surface area contributed by atoms with Crippen molar-refractivity contribution in [1.82, 2.24) is 9.55 Å². The Hall–Kier alpha value is -1.39. The predicted molar refractivity (Wildman–Crippen MR) is 116 cm³/mol. The van der Waals surface area contributed by atoms with Crippen LogP contribution in [0.2, 0.25) is 5.02 Å². The van der Waals surface area contributed by atoms with Gasteiger partial charge in [-0.2, -0.15) is 0 Å². The van der Waals surface area contributed by atoms with Crippen LogP contribution in [0.4, 0.5) is 14.6 Å². The summed E-state index contributed by atoms with van der Waals surface area (Å²) in [5.74, 6) is -3.64. The van der Waals surface area contributed by atoms with Crippen molar-refractivity contribution >= 4 is 57.1 Å². The molecule has 0 N–H and O–H groups in total. The van der Waals surface area contributed by atoms with E-state index in [9.17, 15) is 23.5 Å². The van der Waals surface area contributed by atoms with Crippen molar-refractivity contribution in [2.24, 2.45) is 5.92 Å². The number of rotatable bonds is 6. The number of alkyl halides is 2. The van der Waals surface area contributed by atoms with Crippen molar-refractivity contribution in [1.29, 1.82) is 0 Å². The molecular weight excluding hydrogens is 471 g/mol. The van der Waals surface area contributed by atoms with Gasteiger partial charge in [0.2, 0.25) is 5.92 Å². The van der Waals surface area contributed by atoms with E-state index in [0.29, 0.717) is 33.2 Å². The van der Waals surface area contributed by atoms with Crippen molar-refractivity contribution < 1.29 is 48.2 Å². The number of thioether (sulfide) groups is 1. The van der Waals surface area contributed by atoms with Gasteiger partial charge in [0.25, 0.3) is 0 Å². The summed E-state index contributed by atoms with van der Waals surface area (Å²) in [5, 5.41) is 12.5. The Morgan fingerprint density at radius 3 is 2.56 bits per heavy atom. The number of benzene rings is 1.